The number of hydrogen-bond donors (Lipinski definition) is 1. The van der Waals surface area contributed by atoms with Gasteiger partial charge in [0.05, 0.1) is 19.5 Å². The Kier molecular flexibility index (Phi) is 7.07. The van der Waals surface area contributed by atoms with E-state index in [2.05, 4.69) is 0 Å². The molecule has 0 aliphatic carbocycles. The molecule has 0 radical (unpaired) electrons. The van der Waals surface area contributed by atoms with Crippen LogP contribution in [0, 0.1) is 5.92 Å². The van der Waals surface area contributed by atoms with Gasteiger partial charge in [0.1, 0.15) is 11.5 Å². The Morgan fingerprint density at radius 1 is 1.28 bits per heavy atom. The first-order chi connectivity index (χ1) is 11.9. The van der Waals surface area contributed by atoms with Crippen molar-refractivity contribution in [2.75, 3.05) is 32.6 Å². The van der Waals surface area contributed by atoms with E-state index in [4.69, 9.17) is 14.6 Å². The molecule has 7 nitrogen and oxygen atoms in total. The van der Waals surface area contributed by atoms with Crippen molar-refractivity contribution in [2.45, 2.75) is 25.7 Å². The highest BCUT2D eigenvalue weighted by molar-refractivity contribution is 7.89. The summed E-state index contributed by atoms with van der Waals surface area (Å²) in [6.07, 6.45) is 2.42. The van der Waals surface area contributed by atoms with Crippen LogP contribution in [0.15, 0.2) is 24.3 Å². The van der Waals surface area contributed by atoms with Crippen LogP contribution in [0.1, 0.15) is 25.7 Å². The highest BCUT2D eigenvalue weighted by Gasteiger charge is 2.24. The lowest BCUT2D eigenvalue weighted by Gasteiger charge is -2.32. The third kappa shape index (κ3) is 6.91. The number of likely N-dealkylation sites (tertiary alicyclic amines) is 1. The molecule has 2 N–H and O–H groups in total. The number of amides is 1. The fourth-order valence-electron chi connectivity index (χ4n) is 2.90. The molecule has 2 rings (SSSR count). The molecule has 1 heterocycles. The van der Waals surface area contributed by atoms with Gasteiger partial charge in [0.2, 0.25) is 15.9 Å². The van der Waals surface area contributed by atoms with Gasteiger partial charge >= 0.3 is 0 Å². The SMILES string of the molecule is COc1ccc(OCC2CCCN(C(=O)CCCS(N)(=O)=O)C2)cc1. The molecular weight excluding hydrogens is 344 g/mol. The van der Waals surface area contributed by atoms with Crippen LogP contribution in [-0.4, -0.2) is 51.8 Å². The van der Waals surface area contributed by atoms with Gasteiger partial charge in [0, 0.05) is 25.4 Å². The Bertz CT molecular complexity index is 660. The highest BCUT2D eigenvalue weighted by Crippen LogP contribution is 2.21. The van der Waals surface area contributed by atoms with Gasteiger partial charge in [-0.25, -0.2) is 13.6 Å². The molecule has 1 fully saturated rings. The summed E-state index contributed by atoms with van der Waals surface area (Å²) in [4.78, 5) is 14.0. The second-order valence-corrected chi connectivity index (χ2v) is 8.04. The lowest BCUT2D eigenvalue weighted by Crippen LogP contribution is -2.41. The first-order valence-electron chi connectivity index (χ1n) is 8.42. The minimum Gasteiger partial charge on any atom is -0.497 e. The summed E-state index contributed by atoms with van der Waals surface area (Å²) >= 11 is 0. The molecule has 1 aliphatic rings. The molecule has 0 saturated carbocycles. The molecule has 25 heavy (non-hydrogen) atoms. The molecule has 1 aromatic carbocycles. The van der Waals surface area contributed by atoms with E-state index in [1.165, 1.54) is 0 Å². The van der Waals surface area contributed by atoms with Gasteiger partial charge < -0.3 is 14.4 Å². The Hall–Kier alpha value is -1.80. The number of sulfonamides is 1. The van der Waals surface area contributed by atoms with Crippen molar-refractivity contribution < 1.29 is 22.7 Å². The zero-order valence-electron chi connectivity index (χ0n) is 14.5. The predicted octanol–water partition coefficient (Wildman–Crippen LogP) is 1.38. The average molecular weight is 370 g/mol. The van der Waals surface area contributed by atoms with Crippen LogP contribution in [-0.2, 0) is 14.8 Å². The van der Waals surface area contributed by atoms with Crippen molar-refractivity contribution in [1.29, 1.82) is 0 Å². The van der Waals surface area contributed by atoms with Crippen molar-refractivity contribution in [3.05, 3.63) is 24.3 Å². The molecule has 8 heteroatoms. The molecule has 0 spiro atoms. The van der Waals surface area contributed by atoms with Crippen molar-refractivity contribution in [1.82, 2.24) is 4.90 Å². The van der Waals surface area contributed by atoms with E-state index in [0.29, 0.717) is 19.7 Å². The van der Waals surface area contributed by atoms with Crippen LogP contribution in [0.4, 0.5) is 0 Å². The van der Waals surface area contributed by atoms with Crippen LogP contribution in [0.3, 0.4) is 0 Å². The number of piperidine rings is 1. The maximum atomic E-state index is 12.2. The fraction of sp³-hybridized carbons (Fsp3) is 0.588. The van der Waals surface area contributed by atoms with Crippen molar-refractivity contribution in [2.24, 2.45) is 11.1 Å². The average Bonchev–Trinajstić information content (AvgIpc) is 2.59. The van der Waals surface area contributed by atoms with Gasteiger partial charge in [0.15, 0.2) is 0 Å². The lowest BCUT2D eigenvalue weighted by molar-refractivity contribution is -0.133. The maximum Gasteiger partial charge on any atom is 0.222 e. The largest absolute Gasteiger partial charge is 0.497 e. The molecule has 1 unspecified atom stereocenters. The molecule has 0 bridgehead atoms. The summed E-state index contributed by atoms with van der Waals surface area (Å²) in [5.41, 5.74) is 0. The number of methoxy groups -OCH3 is 1. The zero-order valence-corrected chi connectivity index (χ0v) is 15.3. The number of ether oxygens (including phenoxy) is 2. The van der Waals surface area contributed by atoms with Crippen LogP contribution in [0.5, 0.6) is 11.5 Å². The number of benzene rings is 1. The number of carbonyl (C=O) groups excluding carboxylic acids is 1. The maximum absolute atomic E-state index is 12.2. The summed E-state index contributed by atoms with van der Waals surface area (Å²) in [5.74, 6) is 1.66. The van der Waals surface area contributed by atoms with Gasteiger partial charge in [-0.3, -0.25) is 4.79 Å². The standard InChI is InChI=1S/C17H26N2O5S/c1-23-15-6-8-16(9-7-15)24-13-14-4-2-10-19(12-14)17(20)5-3-11-25(18,21)22/h6-9,14H,2-5,10-13H2,1H3,(H2,18,21,22). The van der Waals surface area contributed by atoms with E-state index in [1.807, 2.05) is 24.3 Å². The number of rotatable bonds is 8. The topological polar surface area (TPSA) is 98.9 Å². The molecule has 0 aromatic heterocycles. The first kappa shape index (κ1) is 19.5. The Morgan fingerprint density at radius 2 is 1.96 bits per heavy atom. The number of carbonyl (C=O) groups is 1. The summed E-state index contributed by atoms with van der Waals surface area (Å²) in [5, 5.41) is 4.96. The Labute approximate surface area is 149 Å². The van der Waals surface area contributed by atoms with E-state index in [1.54, 1.807) is 12.0 Å². The second-order valence-electron chi connectivity index (χ2n) is 6.31. The lowest BCUT2D eigenvalue weighted by atomic mass is 9.98. The van der Waals surface area contributed by atoms with E-state index in [0.717, 1.165) is 24.3 Å². The molecule has 1 saturated heterocycles. The van der Waals surface area contributed by atoms with Crippen LogP contribution >= 0.6 is 0 Å². The molecule has 1 aliphatic heterocycles. The third-order valence-corrected chi connectivity index (χ3v) is 5.09. The Balaban J connectivity index is 1.76. The van der Waals surface area contributed by atoms with Crippen molar-refractivity contribution in [3.8, 4) is 11.5 Å². The first-order valence-corrected chi connectivity index (χ1v) is 10.1. The summed E-state index contributed by atoms with van der Waals surface area (Å²) < 4.78 is 32.8. The number of primary sulfonamides is 1. The minimum atomic E-state index is -3.51. The highest BCUT2D eigenvalue weighted by atomic mass is 32.2. The van der Waals surface area contributed by atoms with Crippen LogP contribution in [0.2, 0.25) is 0 Å². The van der Waals surface area contributed by atoms with Crippen LogP contribution in [0.25, 0.3) is 0 Å². The monoisotopic (exact) mass is 370 g/mol. The second kappa shape index (κ2) is 9.05. The normalized spacial score (nSPS) is 18.0. The summed E-state index contributed by atoms with van der Waals surface area (Å²) in [6.45, 7) is 1.91. The molecule has 1 amide bonds. The van der Waals surface area contributed by atoms with Gasteiger partial charge in [-0.2, -0.15) is 0 Å². The van der Waals surface area contributed by atoms with Crippen molar-refractivity contribution >= 4 is 15.9 Å². The molecule has 1 aromatic rings. The van der Waals surface area contributed by atoms with E-state index in [-0.39, 0.29) is 30.4 Å². The fourth-order valence-corrected chi connectivity index (χ4v) is 3.44. The minimum absolute atomic E-state index is 0.0159. The number of nitrogens with zero attached hydrogens (tertiary/aromatic N) is 1. The number of hydrogen-bond acceptors (Lipinski definition) is 5. The molecule has 140 valence electrons. The predicted molar refractivity (Wildman–Crippen MR) is 95.0 cm³/mol. The van der Waals surface area contributed by atoms with Gasteiger partial charge in [0.25, 0.3) is 0 Å². The van der Waals surface area contributed by atoms with Gasteiger partial charge in [-0.15, -0.1) is 0 Å². The number of nitrogens with two attached hydrogens (primary N) is 1. The van der Waals surface area contributed by atoms with Gasteiger partial charge in [-0.1, -0.05) is 0 Å². The molecular formula is C17H26N2O5S. The Morgan fingerprint density at radius 3 is 2.60 bits per heavy atom. The molecule has 1 atom stereocenters. The van der Waals surface area contributed by atoms with E-state index < -0.39 is 10.0 Å². The third-order valence-electron chi connectivity index (χ3n) is 4.24. The van der Waals surface area contributed by atoms with E-state index in [9.17, 15) is 13.2 Å². The summed E-state index contributed by atoms with van der Waals surface area (Å²) in [6, 6.07) is 7.41. The van der Waals surface area contributed by atoms with Crippen LogP contribution < -0.4 is 14.6 Å². The zero-order chi connectivity index (χ0) is 18.3. The van der Waals surface area contributed by atoms with Crippen molar-refractivity contribution in [3.63, 3.8) is 0 Å². The summed E-state index contributed by atoms with van der Waals surface area (Å²) in [7, 11) is -1.89. The quantitative estimate of drug-likeness (QED) is 0.745. The van der Waals surface area contributed by atoms with E-state index >= 15 is 0 Å². The van der Waals surface area contributed by atoms with Gasteiger partial charge in [-0.05, 0) is 43.5 Å². The smallest absolute Gasteiger partial charge is 0.222 e.